The molecule has 0 spiro atoms. The molecule has 0 radical (unpaired) electrons. The van der Waals surface area contributed by atoms with Gasteiger partial charge in [0.1, 0.15) is 17.2 Å². The minimum absolute atomic E-state index is 0.0500. The normalized spacial score (nSPS) is 15.6. The van der Waals surface area contributed by atoms with Crippen molar-refractivity contribution in [2.75, 3.05) is 24.9 Å². The van der Waals surface area contributed by atoms with Crippen LogP contribution in [-0.4, -0.2) is 59.5 Å². The maximum atomic E-state index is 13.2. The fourth-order valence-corrected chi connectivity index (χ4v) is 9.29. The van der Waals surface area contributed by atoms with Gasteiger partial charge in [-0.25, -0.2) is 0 Å². The summed E-state index contributed by atoms with van der Waals surface area (Å²) in [5, 5.41) is 28.8. The lowest BCUT2D eigenvalue weighted by Crippen LogP contribution is -2.45. The predicted octanol–water partition coefficient (Wildman–Crippen LogP) is 11.4. The van der Waals surface area contributed by atoms with Crippen molar-refractivity contribution in [1.82, 2.24) is 0 Å². The Morgan fingerprint density at radius 1 is 0.808 bits per heavy atom. The highest BCUT2D eigenvalue weighted by Gasteiger charge is 2.47. The van der Waals surface area contributed by atoms with E-state index in [2.05, 4.69) is 80.0 Å². The number of hydrogen-bond donors (Lipinski definition) is 3. The van der Waals surface area contributed by atoms with E-state index >= 15 is 0 Å². The topological polar surface area (TPSA) is 112 Å². The highest BCUT2D eigenvalue weighted by Crippen LogP contribution is 2.52. The molecule has 0 saturated heterocycles. The van der Waals surface area contributed by atoms with E-state index in [1.165, 1.54) is 43.7 Å². The van der Waals surface area contributed by atoms with Crippen molar-refractivity contribution in [2.45, 2.75) is 151 Å². The first-order valence-corrected chi connectivity index (χ1v) is 21.5. The van der Waals surface area contributed by atoms with Crippen LogP contribution in [-0.2, 0) is 25.2 Å². The van der Waals surface area contributed by atoms with E-state index in [-0.39, 0.29) is 33.4 Å². The average Bonchev–Trinajstić information content (AvgIpc) is 2.99. The molecule has 1 aliphatic carbocycles. The summed E-state index contributed by atoms with van der Waals surface area (Å²) in [5.74, 6) is 1.22. The van der Waals surface area contributed by atoms with Gasteiger partial charge in [0, 0.05) is 46.5 Å². The van der Waals surface area contributed by atoms with E-state index in [1.807, 2.05) is 47.8 Å². The van der Waals surface area contributed by atoms with Gasteiger partial charge in [0.2, 0.25) is 0 Å². The van der Waals surface area contributed by atoms with Crippen molar-refractivity contribution in [3.8, 4) is 17.2 Å². The Hall–Kier alpha value is -2.84. The molecule has 0 atom stereocenters. The van der Waals surface area contributed by atoms with Gasteiger partial charge in [0.05, 0.1) is 12.0 Å². The van der Waals surface area contributed by atoms with Crippen LogP contribution < -0.4 is 4.74 Å². The molecular weight excluding hydrogens is 669 g/mol. The summed E-state index contributed by atoms with van der Waals surface area (Å²) in [4.78, 5) is 18.0. The van der Waals surface area contributed by atoms with Crippen molar-refractivity contribution < 1.29 is 23.9 Å². The molecule has 2 aromatic carbocycles. The smallest absolute Gasteiger partial charge is 0.317 e. The van der Waals surface area contributed by atoms with Crippen molar-refractivity contribution in [2.24, 2.45) is 15.8 Å². The maximum absolute atomic E-state index is 13.2. The SMILES string of the molecule is CC(C)(C)c1cc(C=NC2CCCCC2)c(O)c(C(C)(C)C)c1.CCOS(C)(C)CC(C)(C)C(C)(C)C(=O)Oc1cc(C=N)c(O)c(C(C)(C)C)c1. The van der Waals surface area contributed by atoms with Crippen LogP contribution in [0.1, 0.15) is 157 Å². The van der Waals surface area contributed by atoms with Gasteiger partial charge in [-0.3, -0.25) is 9.79 Å². The summed E-state index contributed by atoms with van der Waals surface area (Å²) in [7, 11) is -1.29. The largest absolute Gasteiger partial charge is 0.507 e. The van der Waals surface area contributed by atoms with Gasteiger partial charge in [-0.05, 0) is 91.5 Å². The van der Waals surface area contributed by atoms with Gasteiger partial charge >= 0.3 is 5.97 Å². The van der Waals surface area contributed by atoms with E-state index < -0.39 is 15.7 Å². The van der Waals surface area contributed by atoms with Gasteiger partial charge < -0.3 is 24.5 Å². The van der Waals surface area contributed by atoms with Crippen LogP contribution in [0, 0.1) is 16.2 Å². The van der Waals surface area contributed by atoms with E-state index in [0.29, 0.717) is 35.3 Å². The Balaban J connectivity index is 0.000000369. The predicted molar refractivity (Wildman–Crippen MR) is 224 cm³/mol. The van der Waals surface area contributed by atoms with Crippen LogP contribution in [0.4, 0.5) is 0 Å². The molecule has 1 saturated carbocycles. The number of rotatable bonds is 10. The van der Waals surface area contributed by atoms with E-state index in [4.69, 9.17) is 19.3 Å². The lowest BCUT2D eigenvalue weighted by atomic mass is 9.69. The number of aromatic hydroxyl groups is 2. The summed E-state index contributed by atoms with van der Waals surface area (Å²) in [6.07, 6.45) is 13.5. The van der Waals surface area contributed by atoms with E-state index in [1.54, 1.807) is 6.07 Å². The first kappa shape index (κ1) is 45.3. The molecule has 1 fully saturated rings. The molecule has 8 heteroatoms. The number of carbonyl (C=O) groups is 1. The molecule has 3 rings (SSSR count). The number of esters is 1. The molecule has 0 aliphatic heterocycles. The van der Waals surface area contributed by atoms with Crippen LogP contribution in [0.15, 0.2) is 29.3 Å². The third-order valence-electron chi connectivity index (χ3n) is 10.4. The van der Waals surface area contributed by atoms with Crippen LogP contribution in [0.3, 0.4) is 0 Å². The number of carbonyl (C=O) groups excluding carboxylic acids is 1. The summed E-state index contributed by atoms with van der Waals surface area (Å²) >= 11 is 0. The minimum atomic E-state index is -1.29. The summed E-state index contributed by atoms with van der Waals surface area (Å²) in [6, 6.07) is 7.93. The van der Waals surface area contributed by atoms with Gasteiger partial charge in [-0.15, -0.1) is 10.3 Å². The Labute approximate surface area is 318 Å². The zero-order chi connectivity index (χ0) is 40.1. The number of nitrogens with one attached hydrogen (secondary N) is 1. The Morgan fingerprint density at radius 3 is 1.81 bits per heavy atom. The standard InChI is InChI=1S/C23H39NO4S.C21H33NO/c1-11-27-29(9,10)15-22(5,6)23(7,8)20(26)28-17-12-16(14-24)19(25)18(13-17)21(2,3)4;1-20(2,3)16-12-15(14-22-17-10-8-7-9-11-17)19(23)18(13-16)21(4,5)6/h12-14,24-25H,11,15H2,1-10H3;12-14,17,23H,7-11H2,1-6H3. The third kappa shape index (κ3) is 12.1. The zero-order valence-electron chi connectivity index (χ0n) is 35.5. The number of phenolic OH excluding ortho intramolecular Hbond substituents is 2. The Kier molecular flexibility index (Phi) is 14.9. The minimum Gasteiger partial charge on any atom is -0.507 e. The number of hydrogen-bond acceptors (Lipinski definition) is 7. The summed E-state index contributed by atoms with van der Waals surface area (Å²) in [5.41, 5.74) is 2.60. The molecule has 1 aliphatic rings. The number of nitrogens with zero attached hydrogens (tertiary/aromatic N) is 1. The van der Waals surface area contributed by atoms with Gasteiger partial charge in [-0.1, -0.05) is 101 Å². The Bertz CT molecular complexity index is 1560. The molecule has 0 aromatic heterocycles. The average molecular weight is 741 g/mol. The second kappa shape index (κ2) is 17.1. The maximum Gasteiger partial charge on any atom is 0.317 e. The fraction of sp³-hybridized carbons (Fsp3) is 0.659. The second-order valence-electron chi connectivity index (χ2n) is 19.2. The first-order chi connectivity index (χ1) is 23.6. The van der Waals surface area contributed by atoms with Gasteiger partial charge in [0.15, 0.2) is 0 Å². The van der Waals surface area contributed by atoms with Crippen LogP contribution in [0.25, 0.3) is 0 Å². The number of ether oxygens (including phenoxy) is 1. The van der Waals surface area contributed by atoms with Gasteiger partial charge in [0.25, 0.3) is 0 Å². The van der Waals surface area contributed by atoms with E-state index in [9.17, 15) is 15.0 Å². The summed E-state index contributed by atoms with van der Waals surface area (Å²) < 4.78 is 11.7. The van der Waals surface area contributed by atoms with Gasteiger partial charge in [-0.2, -0.15) is 0 Å². The van der Waals surface area contributed by atoms with Crippen LogP contribution >= 0.6 is 10.3 Å². The Morgan fingerprint density at radius 2 is 1.33 bits per heavy atom. The quantitative estimate of drug-likeness (QED) is 0.128. The third-order valence-corrected chi connectivity index (χ3v) is 12.7. The zero-order valence-corrected chi connectivity index (χ0v) is 36.3. The monoisotopic (exact) mass is 741 g/mol. The highest BCUT2D eigenvalue weighted by molar-refractivity contribution is 8.28. The molecule has 0 unspecified atom stereocenters. The highest BCUT2D eigenvalue weighted by atomic mass is 32.3. The van der Waals surface area contributed by atoms with Crippen molar-refractivity contribution >= 4 is 28.7 Å². The number of aliphatic imine (C=N–C) groups is 1. The molecule has 0 bridgehead atoms. The fourth-order valence-electron chi connectivity index (χ4n) is 6.47. The molecule has 294 valence electrons. The molecule has 3 N–H and O–H groups in total. The lowest BCUT2D eigenvalue weighted by Gasteiger charge is -2.45. The van der Waals surface area contributed by atoms with Crippen molar-refractivity contribution in [3.63, 3.8) is 0 Å². The first-order valence-electron chi connectivity index (χ1n) is 18.9. The molecule has 52 heavy (non-hydrogen) atoms. The molecular formula is C44H72N2O5S. The van der Waals surface area contributed by atoms with E-state index in [0.717, 1.165) is 23.1 Å². The molecule has 0 heterocycles. The molecule has 2 aromatic rings. The summed E-state index contributed by atoms with van der Waals surface area (Å²) in [6.45, 7) is 29.6. The van der Waals surface area contributed by atoms with Crippen LogP contribution in [0.2, 0.25) is 0 Å². The number of phenols is 2. The van der Waals surface area contributed by atoms with Crippen molar-refractivity contribution in [3.05, 3.63) is 52.1 Å². The molecule has 0 amide bonds. The second-order valence-corrected chi connectivity index (χ2v) is 22.6. The van der Waals surface area contributed by atoms with Crippen LogP contribution in [0.5, 0.6) is 17.2 Å². The van der Waals surface area contributed by atoms with Crippen molar-refractivity contribution in [1.29, 1.82) is 5.41 Å². The molecule has 7 nitrogen and oxygen atoms in total. The lowest BCUT2D eigenvalue weighted by molar-refractivity contribution is -0.149. The number of benzene rings is 2.